The lowest BCUT2D eigenvalue weighted by Crippen LogP contribution is -2.35. The van der Waals surface area contributed by atoms with Crippen LogP contribution in [0.25, 0.3) is 0 Å². The molecule has 4 heteroatoms. The molecule has 0 bridgehead atoms. The number of carbonyl (C=O) groups excluding carboxylic acids is 2. The average Bonchev–Trinajstić information content (AvgIpc) is 2.73. The van der Waals surface area contributed by atoms with E-state index in [1.54, 1.807) is 0 Å². The van der Waals surface area contributed by atoms with Crippen LogP contribution in [0.2, 0.25) is 0 Å². The number of likely N-dealkylation sites (tertiary alicyclic amines) is 1. The van der Waals surface area contributed by atoms with Gasteiger partial charge in [-0.25, -0.2) is 0 Å². The van der Waals surface area contributed by atoms with Crippen molar-refractivity contribution in [3.05, 3.63) is 29.3 Å². The van der Waals surface area contributed by atoms with Gasteiger partial charge in [-0.05, 0) is 43.9 Å². The second kappa shape index (κ2) is 5.51. The monoisotopic (exact) mass is 286 g/mol. The normalized spacial score (nSPS) is 25.1. The Morgan fingerprint density at radius 1 is 1.10 bits per heavy atom. The Kier molecular flexibility index (Phi) is 3.70. The van der Waals surface area contributed by atoms with Crippen LogP contribution in [0.4, 0.5) is 5.69 Å². The highest BCUT2D eigenvalue weighted by atomic mass is 16.2. The van der Waals surface area contributed by atoms with Gasteiger partial charge in [-0.2, -0.15) is 0 Å². The highest BCUT2D eigenvalue weighted by molar-refractivity contribution is 6.05. The van der Waals surface area contributed by atoms with E-state index in [0.29, 0.717) is 0 Å². The Balaban J connectivity index is 1.71. The third kappa shape index (κ3) is 2.55. The minimum absolute atomic E-state index is 0.0162. The number of aryl methyl sites for hydroxylation is 2. The van der Waals surface area contributed by atoms with Gasteiger partial charge in [-0.15, -0.1) is 0 Å². The fraction of sp³-hybridized carbons (Fsp3) is 0.529. The molecular weight excluding hydrogens is 264 g/mol. The zero-order valence-electron chi connectivity index (χ0n) is 12.7. The SMILES string of the molecule is Cc1ccc(C)c(NCN2C(=O)[C@H]3CCCC[C@@H]3C2=O)c1. The average molecular weight is 286 g/mol. The van der Waals surface area contributed by atoms with Gasteiger partial charge in [0.05, 0.1) is 18.5 Å². The summed E-state index contributed by atoms with van der Waals surface area (Å²) in [5.41, 5.74) is 3.28. The van der Waals surface area contributed by atoms with Crippen molar-refractivity contribution in [1.82, 2.24) is 4.90 Å². The van der Waals surface area contributed by atoms with E-state index in [-0.39, 0.29) is 30.3 Å². The van der Waals surface area contributed by atoms with Crippen molar-refractivity contribution in [3.8, 4) is 0 Å². The molecule has 21 heavy (non-hydrogen) atoms. The molecule has 0 unspecified atom stereocenters. The van der Waals surface area contributed by atoms with Crippen molar-refractivity contribution in [2.45, 2.75) is 39.5 Å². The Morgan fingerprint density at radius 3 is 2.33 bits per heavy atom. The van der Waals surface area contributed by atoms with Crippen LogP contribution in [0.15, 0.2) is 18.2 Å². The van der Waals surface area contributed by atoms with Crippen LogP contribution in [-0.2, 0) is 9.59 Å². The molecular formula is C17H22N2O2. The number of carbonyl (C=O) groups is 2. The van der Waals surface area contributed by atoms with Gasteiger partial charge in [0, 0.05) is 5.69 Å². The van der Waals surface area contributed by atoms with Crippen LogP contribution in [0.1, 0.15) is 36.8 Å². The minimum atomic E-state index is -0.0633. The highest BCUT2D eigenvalue weighted by Gasteiger charge is 2.47. The van der Waals surface area contributed by atoms with Crippen molar-refractivity contribution >= 4 is 17.5 Å². The number of hydrogen-bond acceptors (Lipinski definition) is 3. The lowest BCUT2D eigenvalue weighted by atomic mass is 9.81. The number of nitrogens with one attached hydrogen (secondary N) is 1. The number of benzene rings is 1. The van der Waals surface area contributed by atoms with Crippen LogP contribution < -0.4 is 5.32 Å². The van der Waals surface area contributed by atoms with E-state index >= 15 is 0 Å². The number of imide groups is 1. The summed E-state index contributed by atoms with van der Waals surface area (Å²) < 4.78 is 0. The summed E-state index contributed by atoms with van der Waals surface area (Å²) in [6.07, 6.45) is 3.88. The number of nitrogens with zero attached hydrogens (tertiary/aromatic N) is 1. The topological polar surface area (TPSA) is 49.4 Å². The smallest absolute Gasteiger partial charge is 0.234 e. The van der Waals surface area contributed by atoms with Crippen molar-refractivity contribution in [2.75, 3.05) is 12.0 Å². The third-order valence-corrected chi connectivity index (χ3v) is 4.75. The molecule has 2 aliphatic rings. The largest absolute Gasteiger partial charge is 0.367 e. The Morgan fingerprint density at radius 2 is 1.71 bits per heavy atom. The number of amides is 2. The molecule has 3 rings (SSSR count). The first-order chi connectivity index (χ1) is 10.1. The zero-order valence-corrected chi connectivity index (χ0v) is 12.7. The second-order valence-electron chi connectivity index (χ2n) is 6.26. The summed E-state index contributed by atoms with van der Waals surface area (Å²) in [6, 6.07) is 6.15. The molecule has 1 aromatic carbocycles. The maximum atomic E-state index is 12.4. The number of fused-ring (bicyclic) bond motifs is 1. The number of hydrogen-bond donors (Lipinski definition) is 1. The van der Waals surface area contributed by atoms with Crippen molar-refractivity contribution in [3.63, 3.8) is 0 Å². The second-order valence-corrected chi connectivity index (χ2v) is 6.26. The Hall–Kier alpha value is -1.84. The molecule has 1 saturated carbocycles. The minimum Gasteiger partial charge on any atom is -0.367 e. The van der Waals surface area contributed by atoms with Gasteiger partial charge in [-0.3, -0.25) is 14.5 Å². The molecule has 0 aromatic heterocycles. The molecule has 0 spiro atoms. The summed E-state index contributed by atoms with van der Waals surface area (Å²) in [6.45, 7) is 4.34. The molecule has 112 valence electrons. The molecule has 2 fully saturated rings. The van der Waals surface area contributed by atoms with Crippen LogP contribution in [-0.4, -0.2) is 23.4 Å². The molecule has 1 heterocycles. The van der Waals surface area contributed by atoms with Gasteiger partial charge in [0.2, 0.25) is 11.8 Å². The predicted octanol–water partition coefficient (Wildman–Crippen LogP) is 2.85. The van der Waals surface area contributed by atoms with E-state index in [9.17, 15) is 9.59 Å². The van der Waals surface area contributed by atoms with Gasteiger partial charge in [0.1, 0.15) is 0 Å². The van der Waals surface area contributed by atoms with Gasteiger partial charge in [0.15, 0.2) is 0 Å². The predicted molar refractivity (Wildman–Crippen MR) is 81.7 cm³/mol. The van der Waals surface area contributed by atoms with Crippen LogP contribution in [0.5, 0.6) is 0 Å². The summed E-state index contributed by atoms with van der Waals surface area (Å²) in [5, 5.41) is 3.25. The molecule has 1 aliphatic carbocycles. The summed E-state index contributed by atoms with van der Waals surface area (Å²) >= 11 is 0. The van der Waals surface area contributed by atoms with E-state index < -0.39 is 0 Å². The molecule has 1 aromatic rings. The quantitative estimate of drug-likeness (QED) is 0.869. The molecule has 1 aliphatic heterocycles. The molecule has 2 atom stereocenters. The van der Waals surface area contributed by atoms with E-state index in [4.69, 9.17) is 0 Å². The van der Waals surface area contributed by atoms with E-state index in [0.717, 1.165) is 42.5 Å². The van der Waals surface area contributed by atoms with E-state index in [1.165, 1.54) is 4.90 Å². The fourth-order valence-corrected chi connectivity index (χ4v) is 3.48. The molecule has 1 saturated heterocycles. The van der Waals surface area contributed by atoms with Crippen LogP contribution >= 0.6 is 0 Å². The molecule has 2 amide bonds. The number of rotatable bonds is 3. The first-order valence-electron chi connectivity index (χ1n) is 7.74. The third-order valence-electron chi connectivity index (χ3n) is 4.75. The Labute approximate surface area is 125 Å². The Bertz CT molecular complexity index is 558. The maximum absolute atomic E-state index is 12.4. The first-order valence-corrected chi connectivity index (χ1v) is 7.74. The summed E-state index contributed by atoms with van der Waals surface area (Å²) in [5.74, 6) is -0.0941. The molecule has 4 nitrogen and oxygen atoms in total. The van der Waals surface area contributed by atoms with Crippen molar-refractivity contribution in [1.29, 1.82) is 0 Å². The van der Waals surface area contributed by atoms with Gasteiger partial charge in [0.25, 0.3) is 0 Å². The van der Waals surface area contributed by atoms with Crippen molar-refractivity contribution in [2.24, 2.45) is 11.8 Å². The van der Waals surface area contributed by atoms with E-state index in [1.807, 2.05) is 26.0 Å². The van der Waals surface area contributed by atoms with Gasteiger partial charge in [-0.1, -0.05) is 25.0 Å². The van der Waals surface area contributed by atoms with Crippen molar-refractivity contribution < 1.29 is 9.59 Å². The van der Waals surface area contributed by atoms with Crippen LogP contribution in [0.3, 0.4) is 0 Å². The standard InChI is InChI=1S/C17H22N2O2/c1-11-7-8-12(2)15(9-11)18-10-19-16(20)13-5-3-4-6-14(13)17(19)21/h7-9,13-14,18H,3-6,10H2,1-2H3/t13-,14-/m0/s1. The lowest BCUT2D eigenvalue weighted by Gasteiger charge is -2.19. The maximum Gasteiger partial charge on any atom is 0.234 e. The summed E-state index contributed by atoms with van der Waals surface area (Å²) in [7, 11) is 0. The fourth-order valence-electron chi connectivity index (χ4n) is 3.48. The molecule has 1 N–H and O–H groups in total. The van der Waals surface area contributed by atoms with Gasteiger partial charge >= 0.3 is 0 Å². The van der Waals surface area contributed by atoms with Crippen LogP contribution in [0, 0.1) is 25.7 Å². The lowest BCUT2D eigenvalue weighted by molar-refractivity contribution is -0.139. The molecule has 0 radical (unpaired) electrons. The summed E-state index contributed by atoms with van der Waals surface area (Å²) in [4.78, 5) is 26.2. The number of anilines is 1. The first kappa shape index (κ1) is 14.1. The van der Waals surface area contributed by atoms with E-state index in [2.05, 4.69) is 11.4 Å². The van der Waals surface area contributed by atoms with Gasteiger partial charge < -0.3 is 5.32 Å². The zero-order chi connectivity index (χ0) is 15.0. The highest BCUT2D eigenvalue weighted by Crippen LogP contribution is 2.37.